The molecule has 0 aliphatic rings. The molecule has 2 N–H and O–H groups in total. The summed E-state index contributed by atoms with van der Waals surface area (Å²) < 4.78 is 1.48. The van der Waals surface area contributed by atoms with Crippen LogP contribution in [0.2, 0.25) is 0 Å². The summed E-state index contributed by atoms with van der Waals surface area (Å²) in [6.45, 7) is 3.37. The van der Waals surface area contributed by atoms with Crippen molar-refractivity contribution < 1.29 is 14.7 Å². The first-order valence-corrected chi connectivity index (χ1v) is 5.08. The molecule has 1 amide bonds. The van der Waals surface area contributed by atoms with Crippen LogP contribution in [0.5, 0.6) is 0 Å². The summed E-state index contributed by atoms with van der Waals surface area (Å²) in [5.74, 6) is -1.37. The van der Waals surface area contributed by atoms with Gasteiger partial charge in [0.15, 0.2) is 0 Å². The van der Waals surface area contributed by atoms with Gasteiger partial charge in [0, 0.05) is 12.4 Å². The highest BCUT2D eigenvalue weighted by molar-refractivity contribution is 5.85. The van der Waals surface area contributed by atoms with Crippen molar-refractivity contribution in [1.29, 1.82) is 0 Å². The lowest BCUT2D eigenvalue weighted by atomic mass is 10.2. The van der Waals surface area contributed by atoms with Gasteiger partial charge < -0.3 is 10.4 Å². The lowest BCUT2D eigenvalue weighted by Gasteiger charge is -2.16. The molecule has 0 bridgehead atoms. The maximum Gasteiger partial charge on any atom is 0.326 e. The van der Waals surface area contributed by atoms with Gasteiger partial charge in [-0.25, -0.2) is 4.79 Å². The first-order chi connectivity index (χ1) is 7.56. The molecule has 0 spiro atoms. The molecule has 0 fully saturated rings. The van der Waals surface area contributed by atoms with Gasteiger partial charge in [0.1, 0.15) is 12.1 Å². The average Bonchev–Trinajstić information content (AvgIpc) is 2.77. The van der Waals surface area contributed by atoms with E-state index in [0.717, 1.165) is 0 Å². The van der Waals surface area contributed by atoms with Gasteiger partial charge in [0.05, 0.1) is 0 Å². The molecule has 0 saturated heterocycles. The second-order valence-corrected chi connectivity index (χ2v) is 3.47. The van der Waals surface area contributed by atoms with Crippen LogP contribution in [-0.2, 0) is 9.59 Å². The van der Waals surface area contributed by atoms with E-state index in [1.807, 2.05) is 0 Å². The van der Waals surface area contributed by atoms with E-state index < -0.39 is 18.1 Å². The number of carbonyl (C=O) groups excluding carboxylic acids is 1. The molecule has 1 unspecified atom stereocenters. The SMILES string of the molecule is CC[C@H](NC(=O)C(C)n1cccn1)C(=O)O. The predicted molar refractivity (Wildman–Crippen MR) is 56.8 cm³/mol. The largest absolute Gasteiger partial charge is 0.480 e. The Morgan fingerprint density at radius 2 is 2.25 bits per heavy atom. The Morgan fingerprint density at radius 1 is 1.56 bits per heavy atom. The monoisotopic (exact) mass is 225 g/mol. The molecule has 1 rings (SSSR count). The van der Waals surface area contributed by atoms with Crippen molar-refractivity contribution in [2.45, 2.75) is 32.4 Å². The van der Waals surface area contributed by atoms with Crippen LogP contribution in [0.15, 0.2) is 18.5 Å². The van der Waals surface area contributed by atoms with Gasteiger partial charge in [-0.3, -0.25) is 9.48 Å². The van der Waals surface area contributed by atoms with Crippen molar-refractivity contribution in [3.8, 4) is 0 Å². The molecule has 1 aromatic rings. The summed E-state index contributed by atoms with van der Waals surface area (Å²) in [4.78, 5) is 22.4. The number of hydrogen-bond donors (Lipinski definition) is 2. The smallest absolute Gasteiger partial charge is 0.326 e. The first-order valence-electron chi connectivity index (χ1n) is 5.08. The van der Waals surface area contributed by atoms with Crippen LogP contribution < -0.4 is 5.32 Å². The van der Waals surface area contributed by atoms with Gasteiger partial charge in [0.2, 0.25) is 5.91 Å². The van der Waals surface area contributed by atoms with Crippen LogP contribution >= 0.6 is 0 Å². The number of aliphatic carboxylic acids is 1. The second-order valence-electron chi connectivity index (χ2n) is 3.47. The summed E-state index contributed by atoms with van der Waals surface area (Å²) in [5.41, 5.74) is 0. The number of nitrogens with zero attached hydrogens (tertiary/aromatic N) is 2. The van der Waals surface area contributed by atoms with Crippen LogP contribution in [0.4, 0.5) is 0 Å². The number of rotatable bonds is 5. The molecule has 16 heavy (non-hydrogen) atoms. The second kappa shape index (κ2) is 5.29. The highest BCUT2D eigenvalue weighted by Crippen LogP contribution is 2.04. The fourth-order valence-corrected chi connectivity index (χ4v) is 1.26. The average molecular weight is 225 g/mol. The van der Waals surface area contributed by atoms with Crippen molar-refractivity contribution in [2.24, 2.45) is 0 Å². The third-order valence-corrected chi connectivity index (χ3v) is 2.32. The number of carboxylic acids is 1. The van der Waals surface area contributed by atoms with Crippen LogP contribution in [0, 0.1) is 0 Å². The molecule has 0 radical (unpaired) electrons. The maximum absolute atomic E-state index is 11.7. The van der Waals surface area contributed by atoms with Gasteiger partial charge in [-0.15, -0.1) is 0 Å². The summed E-state index contributed by atoms with van der Waals surface area (Å²) in [6.07, 6.45) is 3.58. The van der Waals surface area contributed by atoms with E-state index in [0.29, 0.717) is 6.42 Å². The predicted octanol–water partition coefficient (Wildman–Crippen LogP) is 0.423. The quantitative estimate of drug-likeness (QED) is 0.760. The Balaban J connectivity index is 2.61. The van der Waals surface area contributed by atoms with E-state index in [4.69, 9.17) is 5.11 Å². The van der Waals surface area contributed by atoms with E-state index in [1.165, 1.54) is 4.68 Å². The highest BCUT2D eigenvalue weighted by atomic mass is 16.4. The van der Waals surface area contributed by atoms with Crippen molar-refractivity contribution in [1.82, 2.24) is 15.1 Å². The Kier molecular flexibility index (Phi) is 4.04. The molecular weight excluding hydrogens is 210 g/mol. The molecule has 0 aliphatic heterocycles. The highest BCUT2D eigenvalue weighted by Gasteiger charge is 2.22. The Bertz CT molecular complexity index is 361. The van der Waals surface area contributed by atoms with Crippen molar-refractivity contribution >= 4 is 11.9 Å². The minimum atomic E-state index is -1.02. The molecule has 0 aliphatic carbocycles. The molecular formula is C10H15N3O3. The Hall–Kier alpha value is -1.85. The minimum Gasteiger partial charge on any atom is -0.480 e. The molecule has 1 heterocycles. The topological polar surface area (TPSA) is 84.2 Å². The van der Waals surface area contributed by atoms with Crippen LogP contribution in [0.1, 0.15) is 26.3 Å². The van der Waals surface area contributed by atoms with Crippen molar-refractivity contribution in [3.05, 3.63) is 18.5 Å². The number of hydrogen-bond acceptors (Lipinski definition) is 3. The number of nitrogens with one attached hydrogen (secondary N) is 1. The third kappa shape index (κ3) is 2.82. The first kappa shape index (κ1) is 12.2. The number of aromatic nitrogens is 2. The lowest BCUT2D eigenvalue weighted by Crippen LogP contribution is -2.43. The maximum atomic E-state index is 11.7. The zero-order valence-corrected chi connectivity index (χ0v) is 9.25. The fraction of sp³-hybridized carbons (Fsp3) is 0.500. The summed E-state index contributed by atoms with van der Waals surface area (Å²) in [5, 5.41) is 15.2. The lowest BCUT2D eigenvalue weighted by molar-refractivity contribution is -0.142. The Labute approximate surface area is 93.3 Å². The standard InChI is InChI=1S/C10H15N3O3/c1-3-8(10(15)16)12-9(14)7(2)13-6-4-5-11-13/h4-8H,3H2,1-2H3,(H,12,14)(H,15,16)/t7?,8-/m0/s1. The molecule has 6 nitrogen and oxygen atoms in total. The van der Waals surface area contributed by atoms with E-state index in [2.05, 4.69) is 10.4 Å². The van der Waals surface area contributed by atoms with E-state index >= 15 is 0 Å². The molecule has 6 heteroatoms. The van der Waals surface area contributed by atoms with Crippen molar-refractivity contribution in [3.63, 3.8) is 0 Å². The fourth-order valence-electron chi connectivity index (χ4n) is 1.26. The molecule has 2 atom stereocenters. The van der Waals surface area contributed by atoms with E-state index in [-0.39, 0.29) is 5.91 Å². The van der Waals surface area contributed by atoms with E-state index in [9.17, 15) is 9.59 Å². The zero-order valence-electron chi connectivity index (χ0n) is 9.25. The molecule has 0 saturated carbocycles. The third-order valence-electron chi connectivity index (χ3n) is 2.32. The van der Waals surface area contributed by atoms with E-state index in [1.54, 1.807) is 32.3 Å². The van der Waals surface area contributed by atoms with Crippen LogP contribution in [-0.4, -0.2) is 32.8 Å². The van der Waals surface area contributed by atoms with Gasteiger partial charge in [-0.1, -0.05) is 6.92 Å². The number of carboxylic acid groups (broad SMARTS) is 1. The van der Waals surface area contributed by atoms with Gasteiger partial charge in [-0.05, 0) is 19.4 Å². The number of amides is 1. The van der Waals surface area contributed by atoms with Gasteiger partial charge in [0.25, 0.3) is 0 Å². The van der Waals surface area contributed by atoms with Gasteiger partial charge >= 0.3 is 5.97 Å². The minimum absolute atomic E-state index is 0.349. The normalized spacial score (nSPS) is 14.1. The van der Waals surface area contributed by atoms with Crippen LogP contribution in [0.3, 0.4) is 0 Å². The van der Waals surface area contributed by atoms with Gasteiger partial charge in [-0.2, -0.15) is 5.10 Å². The summed E-state index contributed by atoms with van der Waals surface area (Å²) in [6, 6.07) is 0.354. The molecule has 0 aromatic carbocycles. The molecule has 88 valence electrons. The van der Waals surface area contributed by atoms with Crippen molar-refractivity contribution in [2.75, 3.05) is 0 Å². The zero-order chi connectivity index (χ0) is 12.1. The molecule has 1 aromatic heterocycles. The van der Waals surface area contributed by atoms with Crippen LogP contribution in [0.25, 0.3) is 0 Å². The Morgan fingerprint density at radius 3 is 2.69 bits per heavy atom. The number of carbonyl (C=O) groups is 2. The summed E-state index contributed by atoms with van der Waals surface area (Å²) in [7, 11) is 0. The summed E-state index contributed by atoms with van der Waals surface area (Å²) >= 11 is 0.